The molecule has 4 rings (SSSR count). The number of ether oxygens (including phenoxy) is 1. The summed E-state index contributed by atoms with van der Waals surface area (Å²) in [5.74, 6) is 1.48. The maximum atomic E-state index is 12.8. The lowest BCUT2D eigenvalue weighted by Crippen LogP contribution is -2.14. The molecule has 1 aromatic heterocycles. The molecule has 7 heteroatoms. The summed E-state index contributed by atoms with van der Waals surface area (Å²) in [7, 11) is 0. The molecule has 2 aromatic carbocycles. The van der Waals surface area contributed by atoms with E-state index < -0.39 is 11.7 Å². The van der Waals surface area contributed by atoms with Crippen LogP contribution in [0.5, 0.6) is 5.75 Å². The number of thioether (sulfide) groups is 1. The summed E-state index contributed by atoms with van der Waals surface area (Å²) in [5, 5.41) is 0. The zero-order chi connectivity index (χ0) is 18.5. The predicted octanol–water partition coefficient (Wildman–Crippen LogP) is 5.48. The molecule has 0 amide bonds. The van der Waals surface area contributed by atoms with E-state index in [9.17, 15) is 13.2 Å². The molecule has 1 aliphatic heterocycles. The molecule has 0 fully saturated rings. The summed E-state index contributed by atoms with van der Waals surface area (Å²) in [6.45, 7) is 2.18. The average Bonchev–Trinajstić information content (AvgIpc) is 2.96. The minimum atomic E-state index is -4.35. The fraction of sp³-hybridized carbons (Fsp3) is 0.211. The van der Waals surface area contributed by atoms with Crippen molar-refractivity contribution in [2.45, 2.75) is 24.6 Å². The number of aromatic nitrogens is 2. The van der Waals surface area contributed by atoms with E-state index in [2.05, 4.69) is 4.98 Å². The van der Waals surface area contributed by atoms with E-state index >= 15 is 0 Å². The summed E-state index contributed by atoms with van der Waals surface area (Å²) in [6.07, 6.45) is -2.36. The van der Waals surface area contributed by atoms with Crippen molar-refractivity contribution < 1.29 is 17.9 Å². The Morgan fingerprint density at radius 2 is 1.85 bits per heavy atom. The number of halogens is 3. The van der Waals surface area contributed by atoms with Crippen molar-refractivity contribution in [3.8, 4) is 22.7 Å². The predicted molar refractivity (Wildman–Crippen MR) is 94.9 cm³/mol. The molecule has 0 bridgehead atoms. The molecule has 3 aromatic rings. The van der Waals surface area contributed by atoms with Gasteiger partial charge in [0, 0.05) is 10.5 Å². The summed E-state index contributed by atoms with van der Waals surface area (Å²) in [4.78, 5) is 5.63. The van der Waals surface area contributed by atoms with Crippen molar-refractivity contribution in [2.24, 2.45) is 0 Å². The fourth-order valence-corrected chi connectivity index (χ4v) is 3.59. The SMILES string of the molecule is CSc1ccc2c(c1)OCc1nc(C)c(-c3ccc(C(F)(F)F)cc3)n1-2. The van der Waals surface area contributed by atoms with Gasteiger partial charge in [-0.15, -0.1) is 11.8 Å². The summed E-state index contributed by atoms with van der Waals surface area (Å²) < 4.78 is 46.3. The first-order chi connectivity index (χ1) is 12.4. The van der Waals surface area contributed by atoms with Gasteiger partial charge in [-0.05, 0) is 43.5 Å². The zero-order valence-electron chi connectivity index (χ0n) is 14.1. The molecule has 0 saturated heterocycles. The van der Waals surface area contributed by atoms with Gasteiger partial charge >= 0.3 is 6.18 Å². The highest BCUT2D eigenvalue weighted by atomic mass is 32.2. The number of imidazole rings is 1. The largest absolute Gasteiger partial charge is 0.483 e. The molecule has 3 nitrogen and oxygen atoms in total. The topological polar surface area (TPSA) is 27.1 Å². The van der Waals surface area contributed by atoms with Gasteiger partial charge in [0.25, 0.3) is 0 Å². The van der Waals surface area contributed by atoms with Crippen LogP contribution in [0.3, 0.4) is 0 Å². The summed E-state index contributed by atoms with van der Waals surface area (Å²) in [6, 6.07) is 11.1. The summed E-state index contributed by atoms with van der Waals surface area (Å²) >= 11 is 1.62. The van der Waals surface area contributed by atoms with E-state index in [-0.39, 0.29) is 0 Å². The normalized spacial score (nSPS) is 13.1. The Hall–Kier alpha value is -2.41. The van der Waals surface area contributed by atoms with Crippen LogP contribution in [0, 0.1) is 6.92 Å². The van der Waals surface area contributed by atoms with Crippen LogP contribution >= 0.6 is 11.8 Å². The Morgan fingerprint density at radius 3 is 2.50 bits per heavy atom. The van der Waals surface area contributed by atoms with Crippen LogP contribution in [0.15, 0.2) is 47.4 Å². The first kappa shape index (κ1) is 17.0. The number of nitrogens with zero attached hydrogens (tertiary/aromatic N) is 2. The molecule has 26 heavy (non-hydrogen) atoms. The Morgan fingerprint density at radius 1 is 1.12 bits per heavy atom. The van der Waals surface area contributed by atoms with E-state index in [4.69, 9.17) is 4.74 Å². The summed E-state index contributed by atoms with van der Waals surface area (Å²) in [5.41, 5.74) is 2.42. The molecule has 0 atom stereocenters. The number of aryl methyl sites for hydroxylation is 1. The third-order valence-electron chi connectivity index (χ3n) is 4.37. The standard InChI is InChI=1S/C19H15F3N2OS/c1-11-18(12-3-5-13(6-4-12)19(20,21)22)24-15-8-7-14(26-2)9-16(15)25-10-17(24)23-11/h3-9H,10H2,1-2H3. The van der Waals surface area contributed by atoms with Crippen LogP contribution in [0.1, 0.15) is 17.1 Å². The second-order valence-corrected chi connectivity index (χ2v) is 6.87. The lowest BCUT2D eigenvalue weighted by atomic mass is 10.1. The van der Waals surface area contributed by atoms with E-state index in [1.807, 2.05) is 35.9 Å². The molecule has 0 saturated carbocycles. The number of alkyl halides is 3. The second-order valence-electron chi connectivity index (χ2n) is 5.99. The Labute approximate surface area is 152 Å². The smallest absolute Gasteiger partial charge is 0.416 e. The molecular weight excluding hydrogens is 361 g/mol. The highest BCUT2D eigenvalue weighted by Gasteiger charge is 2.30. The first-order valence-electron chi connectivity index (χ1n) is 7.95. The maximum absolute atomic E-state index is 12.8. The zero-order valence-corrected chi connectivity index (χ0v) is 14.9. The molecule has 134 valence electrons. The number of fused-ring (bicyclic) bond motifs is 3. The van der Waals surface area contributed by atoms with Crippen LogP contribution < -0.4 is 4.74 Å². The van der Waals surface area contributed by atoms with Gasteiger partial charge in [0.05, 0.1) is 22.6 Å². The van der Waals surface area contributed by atoms with Gasteiger partial charge in [0.15, 0.2) is 5.82 Å². The van der Waals surface area contributed by atoms with Gasteiger partial charge in [-0.3, -0.25) is 4.57 Å². The fourth-order valence-electron chi connectivity index (χ4n) is 3.16. The lowest BCUT2D eigenvalue weighted by Gasteiger charge is -2.22. The second kappa shape index (κ2) is 6.09. The molecule has 0 radical (unpaired) electrons. The third kappa shape index (κ3) is 2.76. The van der Waals surface area contributed by atoms with Gasteiger partial charge in [-0.25, -0.2) is 4.98 Å². The Kier molecular flexibility index (Phi) is 3.99. The minimum Gasteiger partial charge on any atom is -0.483 e. The monoisotopic (exact) mass is 376 g/mol. The molecule has 0 spiro atoms. The molecule has 1 aliphatic rings. The first-order valence-corrected chi connectivity index (χ1v) is 9.18. The van der Waals surface area contributed by atoms with Crippen LogP contribution in [-0.4, -0.2) is 15.8 Å². The lowest BCUT2D eigenvalue weighted by molar-refractivity contribution is -0.137. The van der Waals surface area contributed by atoms with Crippen molar-refractivity contribution >= 4 is 11.8 Å². The molecule has 0 unspecified atom stereocenters. The van der Waals surface area contributed by atoms with Crippen LogP contribution in [-0.2, 0) is 12.8 Å². The maximum Gasteiger partial charge on any atom is 0.416 e. The third-order valence-corrected chi connectivity index (χ3v) is 5.10. The van der Waals surface area contributed by atoms with Gasteiger partial charge < -0.3 is 4.74 Å². The van der Waals surface area contributed by atoms with E-state index in [0.29, 0.717) is 12.2 Å². The van der Waals surface area contributed by atoms with Crippen LogP contribution in [0.2, 0.25) is 0 Å². The van der Waals surface area contributed by atoms with Crippen molar-refractivity contribution in [3.63, 3.8) is 0 Å². The van der Waals surface area contributed by atoms with Gasteiger partial charge in [0.2, 0.25) is 0 Å². The van der Waals surface area contributed by atoms with Crippen molar-refractivity contribution in [1.29, 1.82) is 0 Å². The number of hydrogen-bond donors (Lipinski definition) is 0. The van der Waals surface area contributed by atoms with E-state index in [0.717, 1.165) is 45.7 Å². The Bertz CT molecular complexity index is 978. The van der Waals surface area contributed by atoms with Crippen LogP contribution in [0.4, 0.5) is 13.2 Å². The number of rotatable bonds is 2. The van der Waals surface area contributed by atoms with Gasteiger partial charge in [-0.2, -0.15) is 13.2 Å². The Balaban J connectivity index is 1.86. The quantitative estimate of drug-likeness (QED) is 0.554. The average molecular weight is 376 g/mol. The van der Waals surface area contributed by atoms with E-state index in [1.165, 1.54) is 12.1 Å². The molecular formula is C19H15F3N2OS. The molecule has 0 N–H and O–H groups in total. The number of hydrogen-bond acceptors (Lipinski definition) is 3. The van der Waals surface area contributed by atoms with Crippen molar-refractivity contribution in [1.82, 2.24) is 9.55 Å². The molecule has 2 heterocycles. The minimum absolute atomic E-state index is 0.326. The highest BCUT2D eigenvalue weighted by Crippen LogP contribution is 2.39. The van der Waals surface area contributed by atoms with E-state index in [1.54, 1.807) is 11.8 Å². The van der Waals surface area contributed by atoms with Crippen molar-refractivity contribution in [2.75, 3.05) is 6.26 Å². The van der Waals surface area contributed by atoms with Crippen LogP contribution in [0.25, 0.3) is 16.9 Å². The van der Waals surface area contributed by atoms with Gasteiger partial charge in [0.1, 0.15) is 12.4 Å². The highest BCUT2D eigenvalue weighted by molar-refractivity contribution is 7.98. The van der Waals surface area contributed by atoms with Crippen molar-refractivity contribution in [3.05, 3.63) is 59.5 Å². The van der Waals surface area contributed by atoms with Gasteiger partial charge in [-0.1, -0.05) is 12.1 Å². The molecule has 0 aliphatic carbocycles. The number of benzene rings is 2.